The Morgan fingerprint density at radius 3 is 2.65 bits per heavy atom. The van der Waals surface area contributed by atoms with E-state index >= 15 is 0 Å². The van der Waals surface area contributed by atoms with Crippen molar-refractivity contribution in [2.24, 2.45) is 4.99 Å². The standard InChI is InChI=1S/C18H29N5OS.HI/c1-6-19-18(20-11-14-10-15(13(2)3)22-24-14)21-12-16(23(4)5)17-8-7-9-25-17;/h7-10,13,16H,6,11-12H2,1-5H3,(H2,19,20,21);1H. The van der Waals surface area contributed by atoms with Crippen LogP contribution in [0.1, 0.15) is 49.1 Å². The Morgan fingerprint density at radius 1 is 1.35 bits per heavy atom. The minimum Gasteiger partial charge on any atom is -0.359 e. The van der Waals surface area contributed by atoms with Crippen LogP contribution < -0.4 is 10.6 Å². The molecule has 6 nitrogen and oxygen atoms in total. The molecule has 0 aromatic carbocycles. The second kappa shape index (κ2) is 11.6. The van der Waals surface area contributed by atoms with E-state index < -0.39 is 0 Å². The highest BCUT2D eigenvalue weighted by atomic mass is 127. The molecular formula is C18H30IN5OS. The van der Waals surface area contributed by atoms with Gasteiger partial charge in [-0.2, -0.15) is 0 Å². The minimum absolute atomic E-state index is 0. The van der Waals surface area contributed by atoms with Crippen LogP contribution in [0.3, 0.4) is 0 Å². The van der Waals surface area contributed by atoms with Crippen molar-refractivity contribution in [2.45, 2.75) is 39.3 Å². The summed E-state index contributed by atoms with van der Waals surface area (Å²) in [6, 6.07) is 6.54. The third-order valence-corrected chi connectivity index (χ3v) is 4.84. The van der Waals surface area contributed by atoms with E-state index in [4.69, 9.17) is 4.52 Å². The number of thiophene rings is 1. The van der Waals surface area contributed by atoms with Gasteiger partial charge in [0, 0.05) is 24.0 Å². The first-order chi connectivity index (χ1) is 12.0. The van der Waals surface area contributed by atoms with Crippen LogP contribution in [0, 0.1) is 0 Å². The number of nitrogens with one attached hydrogen (secondary N) is 2. The molecule has 0 aliphatic carbocycles. The number of hydrogen-bond acceptors (Lipinski definition) is 5. The predicted octanol–water partition coefficient (Wildman–Crippen LogP) is 3.84. The lowest BCUT2D eigenvalue weighted by Crippen LogP contribution is -2.41. The second-order valence-electron chi connectivity index (χ2n) is 6.44. The molecule has 0 amide bonds. The van der Waals surface area contributed by atoms with E-state index in [1.54, 1.807) is 11.3 Å². The van der Waals surface area contributed by atoms with Crippen molar-refractivity contribution >= 4 is 41.3 Å². The van der Waals surface area contributed by atoms with Crippen molar-refractivity contribution in [1.29, 1.82) is 0 Å². The summed E-state index contributed by atoms with van der Waals surface area (Å²) < 4.78 is 5.36. The lowest BCUT2D eigenvalue weighted by molar-refractivity contribution is 0.302. The number of likely N-dealkylation sites (N-methyl/N-ethyl adjacent to an activating group) is 1. The highest BCUT2D eigenvalue weighted by Crippen LogP contribution is 2.22. The summed E-state index contributed by atoms with van der Waals surface area (Å²) in [7, 11) is 4.19. The van der Waals surface area contributed by atoms with Crippen molar-refractivity contribution in [1.82, 2.24) is 20.7 Å². The highest BCUT2D eigenvalue weighted by Gasteiger charge is 2.15. The second-order valence-corrected chi connectivity index (χ2v) is 7.42. The third-order valence-electron chi connectivity index (χ3n) is 3.86. The molecule has 0 aliphatic heterocycles. The molecule has 0 saturated carbocycles. The number of aliphatic imine (C=N–C) groups is 1. The smallest absolute Gasteiger partial charge is 0.191 e. The average molecular weight is 491 g/mol. The van der Waals surface area contributed by atoms with Gasteiger partial charge in [-0.3, -0.25) is 0 Å². The first-order valence-electron chi connectivity index (χ1n) is 8.68. The van der Waals surface area contributed by atoms with Crippen molar-refractivity contribution in [3.8, 4) is 0 Å². The van der Waals surface area contributed by atoms with Gasteiger partial charge in [0.05, 0.1) is 11.7 Å². The van der Waals surface area contributed by atoms with Gasteiger partial charge in [0.25, 0.3) is 0 Å². The first-order valence-corrected chi connectivity index (χ1v) is 9.56. The topological polar surface area (TPSA) is 65.7 Å². The number of rotatable bonds is 8. The van der Waals surface area contributed by atoms with Gasteiger partial charge in [-0.1, -0.05) is 25.1 Å². The van der Waals surface area contributed by atoms with Crippen molar-refractivity contribution in [3.05, 3.63) is 39.9 Å². The number of nitrogens with zero attached hydrogens (tertiary/aromatic N) is 3. The van der Waals surface area contributed by atoms with Gasteiger partial charge in [0.2, 0.25) is 0 Å². The third kappa shape index (κ3) is 6.88. The maximum atomic E-state index is 5.36. The zero-order chi connectivity index (χ0) is 18.2. The molecule has 2 N–H and O–H groups in total. The maximum absolute atomic E-state index is 5.36. The summed E-state index contributed by atoms with van der Waals surface area (Å²) in [6.07, 6.45) is 0. The molecule has 2 aromatic rings. The number of aromatic nitrogens is 1. The van der Waals surface area contributed by atoms with Crippen molar-refractivity contribution in [2.75, 3.05) is 27.2 Å². The summed E-state index contributed by atoms with van der Waals surface area (Å²) in [5.74, 6) is 1.93. The Balaban J connectivity index is 0.00000338. The van der Waals surface area contributed by atoms with E-state index in [2.05, 4.69) is 78.1 Å². The Labute approximate surface area is 177 Å². The molecule has 2 heterocycles. The molecule has 1 unspecified atom stereocenters. The van der Waals surface area contributed by atoms with Crippen LogP contribution in [0.2, 0.25) is 0 Å². The fraction of sp³-hybridized carbons (Fsp3) is 0.556. The lowest BCUT2D eigenvalue weighted by atomic mass is 10.1. The van der Waals surface area contributed by atoms with Crippen LogP contribution in [-0.4, -0.2) is 43.2 Å². The molecular weight excluding hydrogens is 461 g/mol. The van der Waals surface area contributed by atoms with E-state index in [-0.39, 0.29) is 24.0 Å². The Kier molecular flexibility index (Phi) is 10.2. The predicted molar refractivity (Wildman–Crippen MR) is 120 cm³/mol. The van der Waals surface area contributed by atoms with Gasteiger partial charge in [-0.25, -0.2) is 4.99 Å². The monoisotopic (exact) mass is 491 g/mol. The molecule has 0 aliphatic rings. The van der Waals surface area contributed by atoms with Gasteiger partial charge >= 0.3 is 0 Å². The van der Waals surface area contributed by atoms with Gasteiger partial charge in [0.1, 0.15) is 6.54 Å². The first kappa shape index (κ1) is 22.9. The molecule has 0 radical (unpaired) electrons. The van der Waals surface area contributed by atoms with Crippen LogP contribution in [0.5, 0.6) is 0 Å². The number of guanidine groups is 1. The maximum Gasteiger partial charge on any atom is 0.191 e. The minimum atomic E-state index is 0. The molecule has 0 fully saturated rings. The molecule has 0 bridgehead atoms. The van der Waals surface area contributed by atoms with Crippen LogP contribution in [0.4, 0.5) is 0 Å². The van der Waals surface area contributed by atoms with Crippen LogP contribution in [0.25, 0.3) is 0 Å². The van der Waals surface area contributed by atoms with Gasteiger partial charge in [-0.05, 0) is 38.4 Å². The Morgan fingerprint density at radius 2 is 2.12 bits per heavy atom. The quantitative estimate of drug-likeness (QED) is 0.334. The normalized spacial score (nSPS) is 13.0. The number of hydrogen-bond donors (Lipinski definition) is 2. The van der Waals surface area contributed by atoms with E-state index in [9.17, 15) is 0 Å². The molecule has 2 rings (SSSR count). The molecule has 2 aromatic heterocycles. The van der Waals surface area contributed by atoms with E-state index in [1.165, 1.54) is 4.88 Å². The van der Waals surface area contributed by atoms with E-state index in [1.807, 2.05) is 6.07 Å². The Hall–Kier alpha value is -1.13. The highest BCUT2D eigenvalue weighted by molar-refractivity contribution is 14.0. The van der Waals surface area contributed by atoms with Gasteiger partial charge in [-0.15, -0.1) is 35.3 Å². The van der Waals surface area contributed by atoms with Crippen LogP contribution in [-0.2, 0) is 6.54 Å². The van der Waals surface area contributed by atoms with Crippen LogP contribution >= 0.6 is 35.3 Å². The van der Waals surface area contributed by atoms with Crippen molar-refractivity contribution in [3.63, 3.8) is 0 Å². The zero-order valence-corrected chi connectivity index (χ0v) is 19.3. The van der Waals surface area contributed by atoms with E-state index in [0.29, 0.717) is 18.5 Å². The lowest BCUT2D eigenvalue weighted by Gasteiger charge is -2.24. The van der Waals surface area contributed by atoms with Crippen LogP contribution in [0.15, 0.2) is 33.1 Å². The summed E-state index contributed by atoms with van der Waals surface area (Å²) in [4.78, 5) is 8.17. The van der Waals surface area contributed by atoms with Gasteiger partial charge < -0.3 is 20.1 Å². The van der Waals surface area contributed by atoms with Crippen molar-refractivity contribution < 1.29 is 4.52 Å². The van der Waals surface area contributed by atoms with E-state index in [0.717, 1.165) is 30.5 Å². The zero-order valence-electron chi connectivity index (χ0n) is 16.2. The summed E-state index contributed by atoms with van der Waals surface area (Å²) in [5.41, 5.74) is 0.966. The SMILES string of the molecule is CCNC(=NCc1cc(C(C)C)no1)NCC(c1cccs1)N(C)C.I. The molecule has 0 saturated heterocycles. The molecule has 1 atom stereocenters. The molecule has 146 valence electrons. The molecule has 26 heavy (non-hydrogen) atoms. The summed E-state index contributed by atoms with van der Waals surface area (Å²) in [6.45, 7) is 8.33. The summed E-state index contributed by atoms with van der Waals surface area (Å²) >= 11 is 1.77. The molecule has 8 heteroatoms. The average Bonchev–Trinajstić information content (AvgIpc) is 3.24. The fourth-order valence-electron chi connectivity index (χ4n) is 2.39. The molecule has 0 spiro atoms. The van der Waals surface area contributed by atoms with Gasteiger partial charge in [0.15, 0.2) is 11.7 Å². The number of halogens is 1. The largest absolute Gasteiger partial charge is 0.359 e. The Bertz CT molecular complexity index is 654. The summed E-state index contributed by atoms with van der Waals surface area (Å²) in [5, 5.41) is 12.9. The fourth-order valence-corrected chi connectivity index (χ4v) is 3.31.